The van der Waals surface area contributed by atoms with Crippen LogP contribution in [0.5, 0.6) is 0 Å². The monoisotopic (exact) mass is 495 g/mol. The summed E-state index contributed by atoms with van der Waals surface area (Å²) in [5, 5.41) is 12.8. The van der Waals surface area contributed by atoms with Gasteiger partial charge in [-0.3, -0.25) is 4.79 Å². The average molecular weight is 496 g/mol. The van der Waals surface area contributed by atoms with Crippen molar-refractivity contribution in [3.05, 3.63) is 91.7 Å². The molecule has 9 heteroatoms. The zero-order valence-electron chi connectivity index (χ0n) is 18.2. The van der Waals surface area contributed by atoms with Crippen LogP contribution in [0.3, 0.4) is 0 Å². The summed E-state index contributed by atoms with van der Waals surface area (Å²) in [4.78, 5) is 26.4. The van der Waals surface area contributed by atoms with E-state index in [-0.39, 0.29) is 32.5 Å². The van der Waals surface area contributed by atoms with Crippen molar-refractivity contribution in [3.8, 4) is 6.07 Å². The van der Waals surface area contributed by atoms with Crippen LogP contribution in [0.15, 0.2) is 53.7 Å². The zero-order chi connectivity index (χ0) is 24.6. The largest absolute Gasteiger partial charge is 0.466 e. The van der Waals surface area contributed by atoms with Crippen molar-refractivity contribution in [1.82, 2.24) is 0 Å². The summed E-state index contributed by atoms with van der Waals surface area (Å²) < 4.78 is 20.3. The molecule has 0 unspecified atom stereocenters. The average Bonchev–Trinajstić information content (AvgIpc) is 3.19. The number of thiophene rings is 1. The van der Waals surface area contributed by atoms with Gasteiger partial charge in [-0.2, -0.15) is 5.26 Å². The number of hydrogen-bond donors (Lipinski definition) is 2. The molecule has 3 N–H and O–H groups in total. The van der Waals surface area contributed by atoms with E-state index in [0.29, 0.717) is 33.8 Å². The molecule has 0 fully saturated rings. The fraction of sp³-hybridized carbons (Fsp3) is 0.160. The third kappa shape index (κ3) is 3.83. The second-order valence-electron chi connectivity index (χ2n) is 7.55. The molecule has 2 aromatic carbocycles. The number of esters is 1. The maximum absolute atomic E-state index is 15.2. The van der Waals surface area contributed by atoms with E-state index in [0.717, 1.165) is 11.3 Å². The van der Waals surface area contributed by atoms with Crippen LogP contribution >= 0.6 is 22.9 Å². The number of benzene rings is 2. The summed E-state index contributed by atoms with van der Waals surface area (Å²) in [6, 6.07) is 12.8. The molecular formula is C25H19ClFN3O3S. The molecule has 6 nitrogen and oxygen atoms in total. The molecule has 1 aliphatic heterocycles. The normalized spacial score (nSPS) is 14.7. The van der Waals surface area contributed by atoms with E-state index in [1.807, 2.05) is 13.0 Å². The number of carbonyl (C=O) groups excluding carboxylic acids is 2. The third-order valence-electron chi connectivity index (χ3n) is 5.66. The Labute approximate surface area is 204 Å². The number of halogens is 2. The lowest BCUT2D eigenvalue weighted by Gasteiger charge is -2.29. The van der Waals surface area contributed by atoms with Crippen LogP contribution in [0.4, 0.5) is 15.1 Å². The molecule has 0 amide bonds. The minimum Gasteiger partial charge on any atom is -0.466 e. The highest BCUT2D eigenvalue weighted by atomic mass is 35.5. The standard InChI is InChI=1S/C25H19ClFN3O3S/c1-3-16-18(25(32)33-2)17(14-8-5-9-15(26)20(14)27)19-21(29)23(34-24(19)30-16)22(31)13-7-4-6-12(10-13)11-28/h4-10,17,30H,3,29H2,1-2H3/t17-/m1/s1. The number of carbonyl (C=O) groups is 2. The Bertz CT molecular complexity index is 1410. The molecular weight excluding hydrogens is 477 g/mol. The molecule has 1 aromatic heterocycles. The Hall–Kier alpha value is -3.67. The Kier molecular flexibility index (Phi) is 6.42. The van der Waals surface area contributed by atoms with Crippen LogP contribution in [0, 0.1) is 17.1 Å². The van der Waals surface area contributed by atoms with Gasteiger partial charge >= 0.3 is 5.97 Å². The van der Waals surface area contributed by atoms with E-state index in [9.17, 15) is 14.9 Å². The number of nitrogens with two attached hydrogens (primary N) is 1. The minimum absolute atomic E-state index is 0.0988. The quantitative estimate of drug-likeness (QED) is 0.351. The lowest BCUT2D eigenvalue weighted by atomic mass is 9.81. The number of anilines is 2. The molecule has 3 aromatic rings. The number of fused-ring (bicyclic) bond motifs is 1. The van der Waals surface area contributed by atoms with Gasteiger partial charge in [-0.1, -0.05) is 42.8 Å². The molecule has 2 heterocycles. The fourth-order valence-corrected chi connectivity index (χ4v) is 5.40. The van der Waals surface area contributed by atoms with Gasteiger partial charge in [0.2, 0.25) is 5.78 Å². The van der Waals surface area contributed by atoms with Crippen LogP contribution in [0.25, 0.3) is 0 Å². The molecule has 0 spiro atoms. The summed E-state index contributed by atoms with van der Waals surface area (Å²) in [6.45, 7) is 1.85. The van der Waals surface area contributed by atoms with Gasteiger partial charge in [0.05, 0.1) is 45.9 Å². The maximum Gasteiger partial charge on any atom is 0.336 e. The molecule has 34 heavy (non-hydrogen) atoms. The van der Waals surface area contributed by atoms with Gasteiger partial charge in [0.15, 0.2) is 0 Å². The summed E-state index contributed by atoms with van der Waals surface area (Å²) in [6.07, 6.45) is 0.424. The van der Waals surface area contributed by atoms with E-state index in [2.05, 4.69) is 5.32 Å². The first kappa shape index (κ1) is 23.5. The second kappa shape index (κ2) is 9.29. The van der Waals surface area contributed by atoms with Crippen LogP contribution < -0.4 is 11.1 Å². The number of nitrogens with zero attached hydrogens (tertiary/aromatic N) is 1. The molecule has 172 valence electrons. The Balaban J connectivity index is 1.95. The summed E-state index contributed by atoms with van der Waals surface area (Å²) in [7, 11) is 1.25. The highest BCUT2D eigenvalue weighted by Crippen LogP contribution is 2.51. The van der Waals surface area contributed by atoms with Gasteiger partial charge in [0, 0.05) is 22.4 Å². The van der Waals surface area contributed by atoms with E-state index in [1.165, 1.54) is 25.3 Å². The van der Waals surface area contributed by atoms with Crippen molar-refractivity contribution in [2.45, 2.75) is 19.3 Å². The first-order valence-corrected chi connectivity index (χ1v) is 11.5. The summed E-state index contributed by atoms with van der Waals surface area (Å²) in [5.41, 5.74) is 8.55. The molecule has 1 atom stereocenters. The van der Waals surface area contributed by atoms with Crippen molar-refractivity contribution < 1.29 is 18.7 Å². The lowest BCUT2D eigenvalue weighted by Crippen LogP contribution is -2.25. The van der Waals surface area contributed by atoms with Gasteiger partial charge in [0.25, 0.3) is 0 Å². The first-order chi connectivity index (χ1) is 16.3. The SMILES string of the molecule is CCC1=C(C(=O)OC)[C@@H](c2cccc(Cl)c2F)c2c(sc(C(=O)c3cccc(C#N)c3)c2N)N1. The van der Waals surface area contributed by atoms with E-state index in [1.54, 1.807) is 24.3 Å². The predicted molar refractivity (Wildman–Crippen MR) is 130 cm³/mol. The van der Waals surface area contributed by atoms with Crippen LogP contribution in [0.1, 0.15) is 51.2 Å². The Morgan fingerprint density at radius 1 is 1.29 bits per heavy atom. The molecule has 0 radical (unpaired) electrons. The third-order valence-corrected chi connectivity index (χ3v) is 7.09. The number of ether oxygens (including phenoxy) is 1. The zero-order valence-corrected chi connectivity index (χ0v) is 19.8. The highest BCUT2D eigenvalue weighted by Gasteiger charge is 2.39. The van der Waals surface area contributed by atoms with Gasteiger partial charge in [-0.15, -0.1) is 11.3 Å². The number of rotatable bonds is 5. The number of nitriles is 1. The number of ketones is 1. The number of hydrogen-bond acceptors (Lipinski definition) is 7. The van der Waals surface area contributed by atoms with Crippen molar-refractivity contribution >= 4 is 45.4 Å². The van der Waals surface area contributed by atoms with Gasteiger partial charge in [-0.05, 0) is 24.6 Å². The molecule has 4 rings (SSSR count). The van der Waals surface area contributed by atoms with Crippen LogP contribution in [-0.4, -0.2) is 18.9 Å². The van der Waals surface area contributed by atoms with Crippen molar-refractivity contribution in [3.63, 3.8) is 0 Å². The van der Waals surface area contributed by atoms with E-state index >= 15 is 4.39 Å². The highest BCUT2D eigenvalue weighted by molar-refractivity contribution is 7.19. The first-order valence-electron chi connectivity index (χ1n) is 10.3. The molecule has 0 bridgehead atoms. The summed E-state index contributed by atoms with van der Waals surface area (Å²) in [5.74, 6) is -2.63. The number of nitrogen functional groups attached to an aromatic ring is 1. The van der Waals surface area contributed by atoms with Crippen molar-refractivity contribution in [1.29, 1.82) is 5.26 Å². The molecule has 0 saturated carbocycles. The topological polar surface area (TPSA) is 105 Å². The maximum atomic E-state index is 15.2. The minimum atomic E-state index is -0.930. The van der Waals surface area contributed by atoms with E-state index < -0.39 is 17.7 Å². The Morgan fingerprint density at radius 3 is 2.71 bits per heavy atom. The molecule has 0 aliphatic carbocycles. The Morgan fingerprint density at radius 2 is 2.03 bits per heavy atom. The van der Waals surface area contributed by atoms with E-state index in [4.69, 9.17) is 22.1 Å². The lowest BCUT2D eigenvalue weighted by molar-refractivity contribution is -0.136. The molecule has 1 aliphatic rings. The van der Waals surface area contributed by atoms with Gasteiger partial charge in [0.1, 0.15) is 10.7 Å². The second-order valence-corrected chi connectivity index (χ2v) is 8.98. The number of allylic oxidation sites excluding steroid dienone is 1. The van der Waals surface area contributed by atoms with Gasteiger partial charge in [-0.25, -0.2) is 9.18 Å². The molecule has 0 saturated heterocycles. The van der Waals surface area contributed by atoms with Gasteiger partial charge < -0.3 is 15.8 Å². The number of methoxy groups -OCH3 is 1. The fourth-order valence-electron chi connectivity index (χ4n) is 4.07. The smallest absolute Gasteiger partial charge is 0.336 e. The predicted octanol–water partition coefficient (Wildman–Crippen LogP) is 5.62. The summed E-state index contributed by atoms with van der Waals surface area (Å²) >= 11 is 7.18. The van der Waals surface area contributed by atoms with Crippen molar-refractivity contribution in [2.24, 2.45) is 0 Å². The van der Waals surface area contributed by atoms with Crippen LogP contribution in [-0.2, 0) is 9.53 Å². The number of nitrogens with one attached hydrogen (secondary N) is 1. The van der Waals surface area contributed by atoms with Crippen molar-refractivity contribution in [2.75, 3.05) is 18.2 Å². The van der Waals surface area contributed by atoms with Crippen LogP contribution in [0.2, 0.25) is 5.02 Å².